The number of piperazine rings is 1. The number of hydrogen-bond donors (Lipinski definition) is 1. The molecule has 3 nitrogen and oxygen atoms in total. The number of rotatable bonds is 2. The minimum Gasteiger partial charge on any atom is -0.314 e. The van der Waals surface area contributed by atoms with Gasteiger partial charge >= 0.3 is 0 Å². The molecule has 2 aliphatic rings. The van der Waals surface area contributed by atoms with Gasteiger partial charge in [-0.25, -0.2) is 4.39 Å². The van der Waals surface area contributed by atoms with Crippen molar-refractivity contribution in [3.63, 3.8) is 0 Å². The van der Waals surface area contributed by atoms with Gasteiger partial charge < -0.3 is 10.2 Å². The molecule has 1 fully saturated rings. The van der Waals surface area contributed by atoms with Crippen molar-refractivity contribution < 1.29 is 9.18 Å². The maximum Gasteiger partial charge on any atom is 0.163 e. The molecule has 0 bridgehead atoms. The van der Waals surface area contributed by atoms with Crippen LogP contribution in [0.3, 0.4) is 0 Å². The number of carbonyl (C=O) groups excluding carboxylic acids is 1. The summed E-state index contributed by atoms with van der Waals surface area (Å²) < 4.78 is 13.3. The third-order valence-electron chi connectivity index (χ3n) is 4.08. The van der Waals surface area contributed by atoms with Gasteiger partial charge in [-0.15, -0.1) is 0 Å². The number of nitrogens with zero attached hydrogens (tertiary/aromatic N) is 1. The lowest BCUT2D eigenvalue weighted by Crippen LogP contribution is -2.46. The highest BCUT2D eigenvalue weighted by Crippen LogP contribution is 2.27. The van der Waals surface area contributed by atoms with Crippen LogP contribution in [0.25, 0.3) is 0 Å². The van der Waals surface area contributed by atoms with Gasteiger partial charge in [0.1, 0.15) is 5.82 Å². The third-order valence-corrected chi connectivity index (χ3v) is 4.08. The molecule has 4 heteroatoms. The monoisotopic (exact) mass is 262 g/mol. The molecule has 0 amide bonds. The average Bonchev–Trinajstić information content (AvgIpc) is 2.39. The van der Waals surface area contributed by atoms with Crippen LogP contribution in [-0.4, -0.2) is 43.4 Å². The number of ketones is 1. The van der Waals surface area contributed by atoms with Gasteiger partial charge in [-0.05, 0) is 36.1 Å². The SMILES string of the molecule is O=C1CC(CN2CCNCC2)Cc2cc(F)ccc21. The van der Waals surface area contributed by atoms with Crippen LogP contribution in [0.15, 0.2) is 18.2 Å². The van der Waals surface area contributed by atoms with Gasteiger partial charge in [0.25, 0.3) is 0 Å². The van der Waals surface area contributed by atoms with Crippen LogP contribution < -0.4 is 5.32 Å². The van der Waals surface area contributed by atoms with Gasteiger partial charge in [-0.3, -0.25) is 4.79 Å². The second-order valence-corrected chi connectivity index (χ2v) is 5.55. The number of Topliss-reactive ketones (excluding diaryl/α,β-unsaturated/α-hetero) is 1. The first kappa shape index (κ1) is 12.8. The van der Waals surface area contributed by atoms with E-state index in [4.69, 9.17) is 0 Å². The second kappa shape index (κ2) is 5.39. The Bertz CT molecular complexity index is 483. The van der Waals surface area contributed by atoms with Crippen molar-refractivity contribution in [2.75, 3.05) is 32.7 Å². The number of hydrogen-bond acceptors (Lipinski definition) is 3. The molecular weight excluding hydrogens is 243 g/mol. The number of fused-ring (bicyclic) bond motifs is 1. The topological polar surface area (TPSA) is 32.3 Å². The van der Waals surface area contributed by atoms with Crippen molar-refractivity contribution in [2.45, 2.75) is 12.8 Å². The van der Waals surface area contributed by atoms with Crippen molar-refractivity contribution in [3.8, 4) is 0 Å². The van der Waals surface area contributed by atoms with Crippen LogP contribution in [0.4, 0.5) is 4.39 Å². The van der Waals surface area contributed by atoms with Gasteiger partial charge in [-0.2, -0.15) is 0 Å². The van der Waals surface area contributed by atoms with Gasteiger partial charge in [0.15, 0.2) is 5.78 Å². The predicted octanol–water partition coefficient (Wildman–Crippen LogP) is 1.48. The quantitative estimate of drug-likeness (QED) is 0.876. The van der Waals surface area contributed by atoms with E-state index in [1.165, 1.54) is 12.1 Å². The first-order valence-electron chi connectivity index (χ1n) is 6.97. The minimum absolute atomic E-state index is 0.168. The molecule has 102 valence electrons. The summed E-state index contributed by atoms with van der Waals surface area (Å²) in [6.45, 7) is 5.07. The van der Waals surface area contributed by atoms with E-state index >= 15 is 0 Å². The molecule has 1 aromatic carbocycles. The van der Waals surface area contributed by atoms with E-state index in [0.717, 1.165) is 50.3 Å². The third kappa shape index (κ3) is 2.85. The summed E-state index contributed by atoms with van der Waals surface area (Å²) >= 11 is 0. The molecule has 1 aliphatic heterocycles. The van der Waals surface area contributed by atoms with E-state index in [9.17, 15) is 9.18 Å². The lowest BCUT2D eigenvalue weighted by Gasteiger charge is -2.32. The van der Waals surface area contributed by atoms with E-state index in [-0.39, 0.29) is 11.6 Å². The van der Waals surface area contributed by atoms with Crippen molar-refractivity contribution in [3.05, 3.63) is 35.1 Å². The van der Waals surface area contributed by atoms with Crippen LogP contribution >= 0.6 is 0 Å². The van der Waals surface area contributed by atoms with Crippen molar-refractivity contribution in [1.29, 1.82) is 0 Å². The summed E-state index contributed by atoms with van der Waals surface area (Å²) in [4.78, 5) is 14.5. The summed E-state index contributed by atoms with van der Waals surface area (Å²) in [6, 6.07) is 4.54. The largest absolute Gasteiger partial charge is 0.314 e. The van der Waals surface area contributed by atoms with Crippen LogP contribution in [0, 0.1) is 11.7 Å². The van der Waals surface area contributed by atoms with Gasteiger partial charge in [0, 0.05) is 44.7 Å². The fourth-order valence-electron chi connectivity index (χ4n) is 3.15. The van der Waals surface area contributed by atoms with Gasteiger partial charge in [0.05, 0.1) is 0 Å². The minimum atomic E-state index is -0.241. The molecule has 0 saturated carbocycles. The zero-order valence-electron chi connectivity index (χ0n) is 11.0. The van der Waals surface area contributed by atoms with Crippen LogP contribution in [0.1, 0.15) is 22.3 Å². The summed E-state index contributed by atoms with van der Waals surface area (Å²) in [6.07, 6.45) is 1.42. The van der Waals surface area contributed by atoms with Crippen LogP contribution in [0.2, 0.25) is 0 Å². The smallest absolute Gasteiger partial charge is 0.163 e. The highest BCUT2D eigenvalue weighted by Gasteiger charge is 2.27. The standard InChI is InChI=1S/C15H19FN2O/c16-13-1-2-14-12(9-13)7-11(8-15(14)19)10-18-5-3-17-4-6-18/h1-2,9,11,17H,3-8,10H2. The molecule has 0 aromatic heterocycles. The molecule has 1 aromatic rings. The Balaban J connectivity index is 1.71. The molecule has 1 heterocycles. The molecule has 1 atom stereocenters. The Morgan fingerprint density at radius 1 is 1.26 bits per heavy atom. The van der Waals surface area contributed by atoms with Gasteiger partial charge in [-0.1, -0.05) is 0 Å². The lowest BCUT2D eigenvalue weighted by atomic mass is 9.82. The highest BCUT2D eigenvalue weighted by atomic mass is 19.1. The van der Waals surface area contributed by atoms with Crippen molar-refractivity contribution >= 4 is 5.78 Å². The predicted molar refractivity (Wildman–Crippen MR) is 71.9 cm³/mol. The fourth-order valence-corrected chi connectivity index (χ4v) is 3.15. The molecule has 3 rings (SSSR count). The van der Waals surface area contributed by atoms with Gasteiger partial charge in [0.2, 0.25) is 0 Å². The zero-order valence-corrected chi connectivity index (χ0v) is 11.0. The molecule has 1 unspecified atom stereocenters. The van der Waals surface area contributed by atoms with Crippen LogP contribution in [0.5, 0.6) is 0 Å². The highest BCUT2D eigenvalue weighted by molar-refractivity contribution is 5.98. The molecule has 1 N–H and O–H groups in total. The van der Waals surface area contributed by atoms with Crippen molar-refractivity contribution in [2.24, 2.45) is 5.92 Å². The average molecular weight is 262 g/mol. The lowest BCUT2D eigenvalue weighted by molar-refractivity contribution is 0.0927. The Morgan fingerprint density at radius 2 is 2.05 bits per heavy atom. The normalized spacial score (nSPS) is 24.3. The van der Waals surface area contributed by atoms with E-state index in [2.05, 4.69) is 10.2 Å². The van der Waals surface area contributed by atoms with E-state index in [1.54, 1.807) is 6.07 Å². The number of carbonyl (C=O) groups is 1. The Kier molecular flexibility index (Phi) is 3.62. The maximum atomic E-state index is 13.3. The molecular formula is C15H19FN2O. The van der Waals surface area contributed by atoms with Crippen molar-refractivity contribution in [1.82, 2.24) is 10.2 Å². The molecule has 0 spiro atoms. The summed E-state index contributed by atoms with van der Waals surface area (Å²) in [5.74, 6) is 0.260. The molecule has 1 saturated heterocycles. The number of nitrogens with one attached hydrogen (secondary N) is 1. The summed E-state index contributed by atoms with van der Waals surface area (Å²) in [5, 5.41) is 3.33. The summed E-state index contributed by atoms with van der Waals surface area (Å²) in [7, 11) is 0. The van der Waals surface area contributed by atoms with E-state index < -0.39 is 0 Å². The maximum absolute atomic E-state index is 13.3. The van der Waals surface area contributed by atoms with Crippen LogP contribution in [-0.2, 0) is 6.42 Å². The Morgan fingerprint density at radius 3 is 2.84 bits per heavy atom. The number of halogens is 1. The molecule has 1 aliphatic carbocycles. The second-order valence-electron chi connectivity index (χ2n) is 5.55. The summed E-state index contributed by atoms with van der Waals surface area (Å²) in [5.41, 5.74) is 1.61. The van der Waals surface area contributed by atoms with E-state index in [1.807, 2.05) is 0 Å². The molecule has 19 heavy (non-hydrogen) atoms. The first-order chi connectivity index (χ1) is 9.22. The zero-order chi connectivity index (χ0) is 13.2. The Labute approximate surface area is 112 Å². The first-order valence-corrected chi connectivity index (χ1v) is 6.97. The number of benzene rings is 1. The molecule has 0 radical (unpaired) electrons. The van der Waals surface area contributed by atoms with E-state index in [0.29, 0.717) is 12.3 Å². The fraction of sp³-hybridized carbons (Fsp3) is 0.533. The Hall–Kier alpha value is -1.26.